The Kier molecular flexibility index (Phi) is 9.07. The summed E-state index contributed by atoms with van der Waals surface area (Å²) in [6, 6.07) is 12.4. The third-order valence-corrected chi connectivity index (χ3v) is 7.54. The second-order valence-corrected chi connectivity index (χ2v) is 12.0. The van der Waals surface area contributed by atoms with Crippen LogP contribution in [0.15, 0.2) is 68.4 Å². The maximum absolute atomic E-state index is 13.0. The largest absolute Gasteiger partial charge is 0.494 e. The number of hydrogen-bond donors (Lipinski definition) is 5. The molecule has 0 saturated heterocycles. The van der Waals surface area contributed by atoms with Gasteiger partial charge in [0.25, 0.3) is 25.8 Å². The molecule has 43 heavy (non-hydrogen) atoms. The van der Waals surface area contributed by atoms with E-state index in [9.17, 15) is 35.8 Å². The number of nitrogens with one attached hydrogen (secondary N) is 2. The zero-order chi connectivity index (χ0) is 31.5. The van der Waals surface area contributed by atoms with Crippen LogP contribution < -0.4 is 16.2 Å². The first-order valence-electron chi connectivity index (χ1n) is 12.1. The molecule has 226 valence electrons. The predicted octanol–water partition coefficient (Wildman–Crippen LogP) is 4.26. The summed E-state index contributed by atoms with van der Waals surface area (Å²) in [4.78, 5) is 24.5. The van der Waals surface area contributed by atoms with Crippen LogP contribution in [0.5, 0.6) is 5.88 Å². The van der Waals surface area contributed by atoms with Gasteiger partial charge < -0.3 is 15.7 Å². The number of hydrogen-bond acceptors (Lipinski definition) is 13. The van der Waals surface area contributed by atoms with Crippen LogP contribution in [0.3, 0.4) is 0 Å². The number of para-hydroxylation sites is 1. The zero-order valence-corrected chi connectivity index (χ0v) is 24.7. The highest BCUT2D eigenvalue weighted by atomic mass is 35.5. The van der Waals surface area contributed by atoms with Crippen LogP contribution in [0, 0.1) is 6.92 Å². The summed E-state index contributed by atoms with van der Waals surface area (Å²) in [6.45, 7) is 2.66. The van der Waals surface area contributed by atoms with Gasteiger partial charge in [-0.2, -0.15) is 31.8 Å². The van der Waals surface area contributed by atoms with E-state index in [-0.39, 0.29) is 40.5 Å². The molecule has 0 aliphatic carbocycles. The van der Waals surface area contributed by atoms with Gasteiger partial charge in [-0.05, 0) is 61.3 Å². The summed E-state index contributed by atoms with van der Waals surface area (Å²) >= 11 is 6.04. The Morgan fingerprint density at radius 1 is 0.930 bits per heavy atom. The highest BCUT2D eigenvalue weighted by Gasteiger charge is 2.23. The molecule has 5 N–H and O–H groups in total. The molecule has 0 radical (unpaired) electrons. The Bertz CT molecular complexity index is 2000. The summed E-state index contributed by atoms with van der Waals surface area (Å²) in [7, 11) is -9.46. The smallest absolute Gasteiger partial charge is 0.296 e. The lowest BCUT2D eigenvalue weighted by Crippen LogP contribution is -2.22. The molecule has 16 nitrogen and oxygen atoms in total. The second-order valence-electron chi connectivity index (χ2n) is 8.78. The summed E-state index contributed by atoms with van der Waals surface area (Å²) in [5, 5.41) is 23.7. The lowest BCUT2D eigenvalue weighted by atomic mass is 10.1. The fourth-order valence-electron chi connectivity index (χ4n) is 3.86. The minimum absolute atomic E-state index is 0.0454. The van der Waals surface area contributed by atoms with E-state index in [0.29, 0.717) is 5.69 Å². The fraction of sp³-hybridized carbons (Fsp3) is 0.167. The van der Waals surface area contributed by atoms with Crippen molar-refractivity contribution in [2.24, 2.45) is 10.2 Å². The van der Waals surface area contributed by atoms with Crippen molar-refractivity contribution in [3.05, 3.63) is 75.3 Å². The third kappa shape index (κ3) is 7.67. The van der Waals surface area contributed by atoms with Gasteiger partial charge >= 0.3 is 0 Å². The molecular formula is C24H23ClN8O8S2. The number of halogens is 1. The van der Waals surface area contributed by atoms with Crippen LogP contribution in [0.4, 0.5) is 34.6 Å². The highest BCUT2D eigenvalue weighted by molar-refractivity contribution is 7.86. The van der Waals surface area contributed by atoms with Crippen molar-refractivity contribution in [2.75, 3.05) is 10.6 Å². The molecule has 2 heterocycles. The number of aromatic hydroxyl groups is 1. The van der Waals surface area contributed by atoms with E-state index in [0.717, 1.165) is 16.7 Å². The van der Waals surface area contributed by atoms with E-state index in [1.165, 1.54) is 19.9 Å². The van der Waals surface area contributed by atoms with Crippen molar-refractivity contribution in [2.45, 2.75) is 31.0 Å². The van der Waals surface area contributed by atoms with Gasteiger partial charge in [0.2, 0.25) is 17.2 Å². The Labute approximate surface area is 249 Å². The molecule has 19 heteroatoms. The average molecular weight is 651 g/mol. The molecule has 0 aliphatic heterocycles. The monoisotopic (exact) mass is 650 g/mol. The topological polar surface area (TPSA) is 238 Å². The maximum Gasteiger partial charge on any atom is 0.296 e. The molecule has 0 unspecified atom stereocenters. The maximum atomic E-state index is 13.0. The van der Waals surface area contributed by atoms with Crippen LogP contribution >= 0.6 is 11.6 Å². The highest BCUT2D eigenvalue weighted by Crippen LogP contribution is 2.33. The molecule has 0 fully saturated rings. The number of rotatable bonds is 10. The molecule has 0 amide bonds. The van der Waals surface area contributed by atoms with Gasteiger partial charge in [-0.1, -0.05) is 18.2 Å². The third-order valence-electron chi connectivity index (χ3n) is 5.81. The van der Waals surface area contributed by atoms with Crippen molar-refractivity contribution < 1.29 is 31.0 Å². The van der Waals surface area contributed by atoms with E-state index < -0.39 is 53.7 Å². The van der Waals surface area contributed by atoms with E-state index in [1.54, 1.807) is 24.3 Å². The normalized spacial score (nSPS) is 12.0. The minimum atomic E-state index is -4.84. The van der Waals surface area contributed by atoms with E-state index in [1.807, 2.05) is 6.07 Å². The van der Waals surface area contributed by atoms with Crippen molar-refractivity contribution in [1.82, 2.24) is 19.5 Å². The minimum Gasteiger partial charge on any atom is -0.494 e. The first-order valence-corrected chi connectivity index (χ1v) is 15.5. The standard InChI is InChI=1S/C24H23ClN8O8S2/c1-3-33-20(34)16(12-42(36,37)38)13(2)19(21(33)35)32-31-17-11-15(9-10-18(17)43(39,40)41)27-24-29-22(25)28-23(30-24)26-14-7-5-4-6-8-14/h4-11,34H,3,12H2,1-2H3,(H,36,37,38)(H,39,40,41)(H2,26,27,28,29,30). The van der Waals surface area contributed by atoms with E-state index >= 15 is 0 Å². The van der Waals surface area contributed by atoms with Gasteiger partial charge in [0.15, 0.2) is 11.6 Å². The molecule has 4 rings (SSSR count). The quantitative estimate of drug-likeness (QED) is 0.119. The van der Waals surface area contributed by atoms with Crippen LogP contribution in [0.1, 0.15) is 18.1 Å². The lowest BCUT2D eigenvalue weighted by Gasteiger charge is -2.14. The van der Waals surface area contributed by atoms with Gasteiger partial charge in [0.1, 0.15) is 16.3 Å². The second kappa shape index (κ2) is 12.4. The Balaban J connectivity index is 1.76. The van der Waals surface area contributed by atoms with E-state index in [2.05, 4.69) is 35.8 Å². The number of azo groups is 1. The van der Waals surface area contributed by atoms with Crippen molar-refractivity contribution >= 4 is 66.5 Å². The SMILES string of the molecule is CCn1c(O)c(CS(=O)(=O)O)c(C)c(N=Nc2cc(Nc3nc(Cl)nc(Nc4ccccc4)n3)ccc2S(=O)(=O)O)c1=O. The molecule has 4 aromatic rings. The van der Waals surface area contributed by atoms with Crippen molar-refractivity contribution in [1.29, 1.82) is 0 Å². The molecule has 0 bridgehead atoms. The Hall–Kier alpha value is -4.49. The summed E-state index contributed by atoms with van der Waals surface area (Å²) in [5.74, 6) is -1.67. The Morgan fingerprint density at radius 3 is 2.14 bits per heavy atom. The van der Waals surface area contributed by atoms with Gasteiger partial charge in [0, 0.05) is 23.5 Å². The van der Waals surface area contributed by atoms with Crippen molar-refractivity contribution in [3.63, 3.8) is 0 Å². The fourth-order valence-corrected chi connectivity index (χ4v) is 5.34. The first-order chi connectivity index (χ1) is 20.2. The molecule has 2 aromatic carbocycles. The molecule has 0 saturated carbocycles. The zero-order valence-electron chi connectivity index (χ0n) is 22.3. The number of aromatic nitrogens is 4. The number of nitrogens with zero attached hydrogens (tertiary/aromatic N) is 6. The lowest BCUT2D eigenvalue weighted by molar-refractivity contribution is 0.403. The molecule has 0 spiro atoms. The van der Waals surface area contributed by atoms with Gasteiger partial charge in [-0.15, -0.1) is 10.2 Å². The summed E-state index contributed by atoms with van der Waals surface area (Å²) < 4.78 is 67.1. The van der Waals surface area contributed by atoms with Gasteiger partial charge in [-0.25, -0.2) is 0 Å². The van der Waals surface area contributed by atoms with Crippen molar-refractivity contribution in [3.8, 4) is 5.88 Å². The Morgan fingerprint density at radius 2 is 1.56 bits per heavy atom. The average Bonchev–Trinajstić information content (AvgIpc) is 2.90. The molecule has 0 aliphatic rings. The first kappa shape index (κ1) is 31.4. The van der Waals surface area contributed by atoms with Gasteiger partial charge in [0.05, 0.1) is 0 Å². The molecule has 2 aromatic heterocycles. The predicted molar refractivity (Wildman–Crippen MR) is 156 cm³/mol. The number of anilines is 4. The molecule has 0 atom stereocenters. The van der Waals surface area contributed by atoms with Gasteiger partial charge in [-0.3, -0.25) is 18.5 Å². The van der Waals surface area contributed by atoms with E-state index in [4.69, 9.17) is 11.6 Å². The van der Waals surface area contributed by atoms with Crippen LogP contribution in [0.2, 0.25) is 5.28 Å². The van der Waals surface area contributed by atoms with Crippen LogP contribution in [-0.2, 0) is 32.5 Å². The molecular weight excluding hydrogens is 628 g/mol. The summed E-state index contributed by atoms with van der Waals surface area (Å²) in [5.41, 5.74) is -1.36. The van der Waals surface area contributed by atoms with Crippen LogP contribution in [0.25, 0.3) is 0 Å². The van der Waals surface area contributed by atoms with Crippen LogP contribution in [-0.4, -0.2) is 50.6 Å². The number of pyridine rings is 1. The summed E-state index contributed by atoms with van der Waals surface area (Å²) in [6.07, 6.45) is 0. The number of benzene rings is 2.